The fraction of sp³-hybridized carbons (Fsp3) is 0.100. The molecule has 0 aromatic carbocycles. The quantitative estimate of drug-likeness (QED) is 0.489. The average Bonchev–Trinajstić information content (AvgIpc) is 2.58. The Morgan fingerprint density at radius 1 is 1.09 bits per heavy atom. The standard InChI is InChI=1S/C10H7N/c1-2-9-10(5-6-11-9)4-3-8(1)7-10/h1-7H. The molecule has 0 radical (unpaired) electrons. The van der Waals surface area contributed by atoms with Gasteiger partial charge in [-0.2, -0.15) is 0 Å². The highest BCUT2D eigenvalue weighted by atomic mass is 14.8. The summed E-state index contributed by atoms with van der Waals surface area (Å²) in [5, 5.41) is 0. The van der Waals surface area contributed by atoms with Gasteiger partial charge in [-0.15, -0.1) is 0 Å². The zero-order chi connectivity index (χ0) is 7.31. The molecule has 0 saturated carbocycles. The monoisotopic (exact) mass is 141 g/mol. The van der Waals surface area contributed by atoms with E-state index in [2.05, 4.69) is 41.4 Å². The molecule has 0 N–H and O–H groups in total. The van der Waals surface area contributed by atoms with E-state index < -0.39 is 0 Å². The summed E-state index contributed by atoms with van der Waals surface area (Å²) < 4.78 is 0. The summed E-state index contributed by atoms with van der Waals surface area (Å²) in [5.74, 6) is 0. The number of allylic oxidation sites excluding steroid dienone is 7. The van der Waals surface area contributed by atoms with Crippen molar-refractivity contribution in [2.75, 3.05) is 0 Å². The number of nitrogens with zero attached hydrogens (tertiary/aromatic N) is 1. The van der Waals surface area contributed by atoms with Gasteiger partial charge in [0.25, 0.3) is 0 Å². The second kappa shape index (κ2) is 1.45. The van der Waals surface area contributed by atoms with Crippen molar-refractivity contribution in [3.8, 4) is 0 Å². The smallest absolute Gasteiger partial charge is 0.0695 e. The third kappa shape index (κ3) is 0.497. The molecule has 11 heavy (non-hydrogen) atoms. The van der Waals surface area contributed by atoms with Gasteiger partial charge < -0.3 is 0 Å². The minimum absolute atomic E-state index is 0.0457. The third-order valence-corrected chi connectivity index (χ3v) is 2.40. The Kier molecular flexibility index (Phi) is 0.698. The molecule has 0 amide bonds. The zero-order valence-corrected chi connectivity index (χ0v) is 5.99. The van der Waals surface area contributed by atoms with Crippen LogP contribution in [0.1, 0.15) is 0 Å². The molecule has 3 rings (SSSR count). The molecule has 0 aromatic rings. The molecule has 1 heteroatoms. The Hall–Kier alpha value is -1.37. The topological polar surface area (TPSA) is 12.4 Å². The van der Waals surface area contributed by atoms with Gasteiger partial charge in [0.2, 0.25) is 0 Å². The summed E-state index contributed by atoms with van der Waals surface area (Å²) in [6, 6.07) is 0. The zero-order valence-electron chi connectivity index (χ0n) is 5.99. The van der Waals surface area contributed by atoms with Crippen molar-refractivity contribution in [1.29, 1.82) is 0 Å². The molecule has 1 spiro atoms. The largest absolute Gasteiger partial charge is 0.260 e. The van der Waals surface area contributed by atoms with E-state index in [1.165, 1.54) is 5.57 Å². The molecule has 1 unspecified atom stereocenters. The lowest BCUT2D eigenvalue weighted by Crippen LogP contribution is -2.19. The van der Waals surface area contributed by atoms with E-state index in [4.69, 9.17) is 0 Å². The number of aliphatic imine (C=N–C) groups is 1. The summed E-state index contributed by atoms with van der Waals surface area (Å²) in [6.07, 6.45) is 14.8. The van der Waals surface area contributed by atoms with Gasteiger partial charge in [-0.25, -0.2) is 0 Å². The van der Waals surface area contributed by atoms with Crippen LogP contribution >= 0.6 is 0 Å². The molecular formula is C10H7N. The molecular weight excluding hydrogens is 134 g/mol. The lowest BCUT2D eigenvalue weighted by molar-refractivity contribution is 0.916. The van der Waals surface area contributed by atoms with Gasteiger partial charge >= 0.3 is 0 Å². The van der Waals surface area contributed by atoms with Crippen molar-refractivity contribution in [2.45, 2.75) is 0 Å². The minimum atomic E-state index is 0.0457. The van der Waals surface area contributed by atoms with E-state index in [-0.39, 0.29) is 5.41 Å². The van der Waals surface area contributed by atoms with Gasteiger partial charge in [0, 0.05) is 6.20 Å². The van der Waals surface area contributed by atoms with Gasteiger partial charge in [0.15, 0.2) is 0 Å². The molecule has 0 aromatic heterocycles. The second-order valence-electron chi connectivity index (χ2n) is 3.07. The molecule has 1 heterocycles. The van der Waals surface area contributed by atoms with Crippen LogP contribution in [0.5, 0.6) is 0 Å². The van der Waals surface area contributed by atoms with E-state index in [0.717, 1.165) is 5.71 Å². The summed E-state index contributed by atoms with van der Waals surface area (Å²) >= 11 is 0. The fourth-order valence-electron chi connectivity index (χ4n) is 1.77. The van der Waals surface area contributed by atoms with Crippen LogP contribution in [-0.2, 0) is 0 Å². The van der Waals surface area contributed by atoms with Crippen molar-refractivity contribution < 1.29 is 0 Å². The van der Waals surface area contributed by atoms with Crippen molar-refractivity contribution >= 4 is 5.71 Å². The third-order valence-electron chi connectivity index (χ3n) is 2.40. The van der Waals surface area contributed by atoms with Crippen molar-refractivity contribution in [3.05, 3.63) is 48.2 Å². The summed E-state index contributed by atoms with van der Waals surface area (Å²) in [6.45, 7) is 0. The van der Waals surface area contributed by atoms with Crippen LogP contribution in [0.15, 0.2) is 53.2 Å². The Labute approximate surface area is 65.1 Å². The predicted octanol–water partition coefficient (Wildman–Crippen LogP) is 2.01. The van der Waals surface area contributed by atoms with E-state index >= 15 is 0 Å². The van der Waals surface area contributed by atoms with E-state index in [1.807, 2.05) is 6.20 Å². The first-order chi connectivity index (χ1) is 5.39. The molecule has 52 valence electrons. The predicted molar refractivity (Wildman–Crippen MR) is 45.4 cm³/mol. The molecule has 2 aliphatic carbocycles. The maximum Gasteiger partial charge on any atom is 0.0695 e. The first kappa shape index (κ1) is 5.30. The minimum Gasteiger partial charge on any atom is -0.260 e. The van der Waals surface area contributed by atoms with E-state index in [1.54, 1.807) is 0 Å². The van der Waals surface area contributed by atoms with Gasteiger partial charge in [-0.05, 0) is 17.7 Å². The molecule has 0 fully saturated rings. The average molecular weight is 141 g/mol. The maximum absolute atomic E-state index is 4.28. The number of hydrogen-bond donors (Lipinski definition) is 0. The lowest BCUT2D eigenvalue weighted by Gasteiger charge is -2.18. The number of hydrogen-bond acceptors (Lipinski definition) is 1. The fourth-order valence-corrected chi connectivity index (χ4v) is 1.77. The van der Waals surface area contributed by atoms with E-state index in [0.29, 0.717) is 0 Å². The Bertz CT molecular complexity index is 366. The van der Waals surface area contributed by atoms with Gasteiger partial charge in [-0.1, -0.05) is 24.3 Å². The molecule has 1 atom stereocenters. The SMILES string of the molecule is C1=CC23C=CC(=C2)C=CC3=N1. The van der Waals surface area contributed by atoms with Gasteiger partial charge in [-0.3, -0.25) is 4.99 Å². The molecule has 2 bridgehead atoms. The van der Waals surface area contributed by atoms with Crippen LogP contribution in [0.25, 0.3) is 0 Å². The summed E-state index contributed by atoms with van der Waals surface area (Å²) in [5.41, 5.74) is 2.50. The molecule has 0 saturated heterocycles. The molecule has 1 nitrogen and oxygen atoms in total. The van der Waals surface area contributed by atoms with Crippen LogP contribution in [-0.4, -0.2) is 5.71 Å². The van der Waals surface area contributed by atoms with Crippen LogP contribution < -0.4 is 0 Å². The Morgan fingerprint density at radius 2 is 2.09 bits per heavy atom. The highest BCUT2D eigenvalue weighted by molar-refractivity contribution is 6.08. The lowest BCUT2D eigenvalue weighted by atomic mass is 9.83. The highest BCUT2D eigenvalue weighted by Gasteiger charge is 2.34. The van der Waals surface area contributed by atoms with E-state index in [9.17, 15) is 0 Å². The van der Waals surface area contributed by atoms with Gasteiger partial charge in [0.05, 0.1) is 11.1 Å². The second-order valence-corrected chi connectivity index (χ2v) is 3.07. The Balaban J connectivity index is 2.33. The molecule has 1 aliphatic heterocycles. The van der Waals surface area contributed by atoms with Crippen molar-refractivity contribution in [3.63, 3.8) is 0 Å². The summed E-state index contributed by atoms with van der Waals surface area (Å²) in [7, 11) is 0. The highest BCUT2D eigenvalue weighted by Crippen LogP contribution is 2.39. The summed E-state index contributed by atoms with van der Waals surface area (Å²) in [4.78, 5) is 4.28. The maximum atomic E-state index is 4.28. The number of rotatable bonds is 0. The van der Waals surface area contributed by atoms with Crippen LogP contribution in [0.4, 0.5) is 0 Å². The van der Waals surface area contributed by atoms with Crippen LogP contribution in [0.3, 0.4) is 0 Å². The Morgan fingerprint density at radius 3 is 3.09 bits per heavy atom. The first-order valence-electron chi connectivity index (χ1n) is 3.75. The van der Waals surface area contributed by atoms with Crippen LogP contribution in [0.2, 0.25) is 0 Å². The van der Waals surface area contributed by atoms with Crippen molar-refractivity contribution in [2.24, 2.45) is 10.4 Å². The van der Waals surface area contributed by atoms with Crippen LogP contribution in [0, 0.1) is 5.41 Å². The normalized spacial score (nSPS) is 35.6. The van der Waals surface area contributed by atoms with Crippen molar-refractivity contribution in [1.82, 2.24) is 0 Å². The first-order valence-corrected chi connectivity index (χ1v) is 3.75. The molecule has 3 aliphatic rings. The van der Waals surface area contributed by atoms with Gasteiger partial charge in [0.1, 0.15) is 0 Å².